The molecule has 0 aliphatic rings. The molecule has 0 aliphatic carbocycles. The van der Waals surface area contributed by atoms with E-state index in [0.29, 0.717) is 6.41 Å². The molecule has 0 amide bonds. The fourth-order valence-electron chi connectivity index (χ4n) is 0.414. The van der Waals surface area contributed by atoms with Crippen LogP contribution in [0.3, 0.4) is 0 Å². The predicted octanol–water partition coefficient (Wildman–Crippen LogP) is -3.26. The molecule has 0 bridgehead atoms. The number of H-pyrrole nitrogens is 1. The van der Waals surface area contributed by atoms with Crippen molar-refractivity contribution in [2.24, 2.45) is 0 Å². The number of hydrogen-bond donors (Lipinski definition) is 1. The molecule has 66 valence electrons. The average molecular weight is 166 g/mol. The Morgan fingerprint density at radius 1 is 1.36 bits per heavy atom. The minimum absolute atomic E-state index is 0. The van der Waals surface area contributed by atoms with Crippen LogP contribution in [0, 0.1) is 0 Å². The van der Waals surface area contributed by atoms with Crippen LogP contribution in [0.5, 0.6) is 0 Å². The molecule has 0 unspecified atom stereocenters. The first-order chi connectivity index (χ1) is 3.84. The molecular weight excluding hydrogens is 156 g/mol. The molecule has 7 N–H and O–H groups in total. The molecule has 1 aromatic heterocycles. The van der Waals surface area contributed by atoms with Crippen molar-refractivity contribution >= 4 is 6.41 Å². The molecular formula is C4H10N2O5. The molecule has 0 radical (unpaired) electrons. The summed E-state index contributed by atoms with van der Waals surface area (Å²) in [6, 6.07) is 0. The van der Waals surface area contributed by atoms with Gasteiger partial charge in [0.05, 0.1) is 0 Å². The van der Waals surface area contributed by atoms with Crippen LogP contribution in [0.1, 0.15) is 0 Å². The molecule has 1 aromatic rings. The Morgan fingerprint density at radius 2 is 1.91 bits per heavy atom. The fraction of sp³-hybridized carbons (Fsp3) is 0. The fourth-order valence-corrected chi connectivity index (χ4v) is 0.414. The number of rotatable bonds is 1. The number of hydrogen-bond acceptors (Lipinski definition) is 2. The summed E-state index contributed by atoms with van der Waals surface area (Å²) in [5.74, 6) is 0. The van der Waals surface area contributed by atoms with Crippen molar-refractivity contribution in [3.05, 3.63) is 22.9 Å². The van der Waals surface area contributed by atoms with E-state index in [9.17, 15) is 9.59 Å². The van der Waals surface area contributed by atoms with Crippen molar-refractivity contribution in [3.8, 4) is 0 Å². The Balaban J connectivity index is -0.000000213. The topological polar surface area (TPSA) is 149 Å². The first kappa shape index (κ1) is 16.3. The van der Waals surface area contributed by atoms with Crippen LogP contribution in [0.15, 0.2) is 17.2 Å². The first-order valence-corrected chi connectivity index (χ1v) is 2.05. The molecule has 0 saturated heterocycles. The number of aromatic amines is 1. The summed E-state index contributed by atoms with van der Waals surface area (Å²) in [7, 11) is 0. The van der Waals surface area contributed by atoms with Crippen molar-refractivity contribution in [2.45, 2.75) is 0 Å². The molecule has 0 fully saturated rings. The molecule has 0 saturated carbocycles. The Kier molecular flexibility index (Phi) is 9.88. The monoisotopic (exact) mass is 166 g/mol. The number of imidazole rings is 1. The van der Waals surface area contributed by atoms with E-state index in [4.69, 9.17) is 0 Å². The highest BCUT2D eigenvalue weighted by atomic mass is 16.2. The Morgan fingerprint density at radius 3 is 2.09 bits per heavy atom. The molecule has 0 aliphatic heterocycles. The number of carbonyl (C=O) groups excluding carboxylic acids is 1. The second-order valence-corrected chi connectivity index (χ2v) is 1.28. The zero-order valence-electron chi connectivity index (χ0n) is 5.50. The van der Waals surface area contributed by atoms with E-state index in [0.717, 1.165) is 4.57 Å². The molecule has 0 atom stereocenters. The van der Waals surface area contributed by atoms with Gasteiger partial charge in [0, 0.05) is 12.4 Å². The minimum atomic E-state index is -0.403. The van der Waals surface area contributed by atoms with Gasteiger partial charge in [-0.3, -0.25) is 4.79 Å². The Labute approximate surface area is 61.2 Å². The van der Waals surface area contributed by atoms with Crippen LogP contribution in [-0.4, -0.2) is 32.4 Å². The van der Waals surface area contributed by atoms with E-state index >= 15 is 0 Å². The van der Waals surface area contributed by atoms with Gasteiger partial charge in [-0.2, -0.15) is 0 Å². The summed E-state index contributed by atoms with van der Waals surface area (Å²) in [5.41, 5.74) is -0.403. The van der Waals surface area contributed by atoms with Crippen molar-refractivity contribution in [3.63, 3.8) is 0 Å². The van der Waals surface area contributed by atoms with Gasteiger partial charge in [0.2, 0.25) is 6.41 Å². The first-order valence-electron chi connectivity index (χ1n) is 2.05. The van der Waals surface area contributed by atoms with Gasteiger partial charge in [-0.15, -0.1) is 0 Å². The smallest absolute Gasteiger partial charge is 0.332 e. The minimum Gasteiger partial charge on any atom is -0.412 e. The number of carbonyl (C=O) groups is 1. The maximum Gasteiger partial charge on any atom is 0.332 e. The van der Waals surface area contributed by atoms with Gasteiger partial charge in [0.25, 0.3) is 0 Å². The number of nitrogens with one attached hydrogen (secondary N) is 1. The second-order valence-electron chi connectivity index (χ2n) is 1.28. The summed E-state index contributed by atoms with van der Waals surface area (Å²) < 4.78 is 0.917. The largest absolute Gasteiger partial charge is 0.412 e. The maximum absolute atomic E-state index is 10.3. The van der Waals surface area contributed by atoms with Crippen LogP contribution in [0.2, 0.25) is 0 Å². The van der Waals surface area contributed by atoms with Gasteiger partial charge in [0.15, 0.2) is 0 Å². The van der Waals surface area contributed by atoms with Crippen LogP contribution < -0.4 is 5.69 Å². The van der Waals surface area contributed by atoms with Gasteiger partial charge in [-0.1, -0.05) is 0 Å². The summed E-state index contributed by atoms with van der Waals surface area (Å²) >= 11 is 0. The van der Waals surface area contributed by atoms with E-state index in [1.165, 1.54) is 12.4 Å². The normalized spacial score (nSPS) is 6.55. The number of nitrogens with zero attached hydrogens (tertiary/aromatic N) is 1. The van der Waals surface area contributed by atoms with Crippen molar-refractivity contribution < 1.29 is 21.2 Å². The lowest BCUT2D eigenvalue weighted by Gasteiger charge is -1.75. The molecule has 7 nitrogen and oxygen atoms in total. The highest BCUT2D eigenvalue weighted by Gasteiger charge is 1.87. The second kappa shape index (κ2) is 6.68. The molecule has 1 rings (SSSR count). The molecule has 0 spiro atoms. The predicted molar refractivity (Wildman–Crippen MR) is 38.0 cm³/mol. The Hall–Kier alpha value is -1.44. The zero-order chi connectivity index (χ0) is 5.98. The van der Waals surface area contributed by atoms with Crippen LogP contribution >= 0.6 is 0 Å². The van der Waals surface area contributed by atoms with Gasteiger partial charge >= 0.3 is 5.69 Å². The van der Waals surface area contributed by atoms with Crippen LogP contribution in [0.4, 0.5) is 0 Å². The van der Waals surface area contributed by atoms with E-state index in [-0.39, 0.29) is 16.4 Å². The average Bonchev–Trinajstić information content (AvgIpc) is 2.14. The summed E-state index contributed by atoms with van der Waals surface area (Å²) in [6.07, 6.45) is 3.20. The molecule has 1 heterocycles. The molecule has 11 heavy (non-hydrogen) atoms. The third kappa shape index (κ3) is 3.30. The zero-order valence-corrected chi connectivity index (χ0v) is 5.50. The SMILES string of the molecule is O.O.O.O=Cn1cc[nH]c1=O. The van der Waals surface area contributed by atoms with E-state index in [1.54, 1.807) is 0 Å². The van der Waals surface area contributed by atoms with Crippen molar-refractivity contribution in [1.82, 2.24) is 9.55 Å². The summed E-state index contributed by atoms with van der Waals surface area (Å²) in [4.78, 5) is 22.5. The highest BCUT2D eigenvalue weighted by Crippen LogP contribution is 1.66. The quantitative estimate of drug-likeness (QED) is 0.436. The molecule has 0 aromatic carbocycles. The third-order valence-corrected chi connectivity index (χ3v) is 0.790. The summed E-state index contributed by atoms with van der Waals surface area (Å²) in [5, 5.41) is 0. The van der Waals surface area contributed by atoms with E-state index in [1.807, 2.05) is 0 Å². The Bertz CT molecular complexity index is 239. The summed E-state index contributed by atoms with van der Waals surface area (Å²) in [6.45, 7) is 0. The van der Waals surface area contributed by atoms with Crippen molar-refractivity contribution in [2.75, 3.05) is 0 Å². The molecule has 7 heteroatoms. The van der Waals surface area contributed by atoms with E-state index in [2.05, 4.69) is 4.98 Å². The highest BCUT2D eigenvalue weighted by molar-refractivity contribution is 5.50. The van der Waals surface area contributed by atoms with Gasteiger partial charge in [-0.25, -0.2) is 9.36 Å². The van der Waals surface area contributed by atoms with Gasteiger partial charge in [-0.05, 0) is 0 Å². The van der Waals surface area contributed by atoms with Gasteiger partial charge in [0.1, 0.15) is 0 Å². The lowest BCUT2D eigenvalue weighted by Crippen LogP contribution is -2.14. The number of aromatic nitrogens is 2. The van der Waals surface area contributed by atoms with E-state index < -0.39 is 5.69 Å². The van der Waals surface area contributed by atoms with Gasteiger partial charge < -0.3 is 21.4 Å². The lowest BCUT2D eigenvalue weighted by atomic mass is 10.9. The van der Waals surface area contributed by atoms with Crippen LogP contribution in [0.25, 0.3) is 0 Å². The third-order valence-electron chi connectivity index (χ3n) is 0.790. The lowest BCUT2D eigenvalue weighted by molar-refractivity contribution is 0.545. The maximum atomic E-state index is 10.3. The standard InChI is InChI=1S/C4H4N2O2.3H2O/c7-3-6-2-1-5-4(6)8;;;/h1-3H,(H,5,8);3*1H2. The van der Waals surface area contributed by atoms with Crippen molar-refractivity contribution in [1.29, 1.82) is 0 Å². The van der Waals surface area contributed by atoms with Crippen LogP contribution in [-0.2, 0) is 4.79 Å².